The Kier molecular flexibility index (Phi) is 8.39. The zero-order valence-corrected chi connectivity index (χ0v) is 33.9. The highest BCUT2D eigenvalue weighted by atomic mass is 32.1. The van der Waals surface area contributed by atoms with Crippen LogP contribution in [-0.2, 0) is 0 Å². The van der Waals surface area contributed by atoms with Crippen LogP contribution in [0.1, 0.15) is 0 Å². The van der Waals surface area contributed by atoms with Gasteiger partial charge in [0, 0.05) is 36.5 Å². The lowest BCUT2D eigenvalue weighted by molar-refractivity contribution is 1.31. The molecule has 0 spiro atoms. The Labute approximate surface area is 357 Å². The molecule has 2 aromatic heterocycles. The molecule has 0 unspecified atom stereocenters. The molecule has 3 heteroatoms. The molecule has 0 radical (unpaired) electrons. The Morgan fingerprint density at radius 3 is 1.43 bits per heavy atom. The summed E-state index contributed by atoms with van der Waals surface area (Å²) in [6.45, 7) is 0. The fraction of sp³-hybridized carbons (Fsp3) is 0. The van der Waals surface area contributed by atoms with E-state index < -0.39 is 0 Å². The fourth-order valence-corrected chi connectivity index (χ4v) is 10.2. The Balaban J connectivity index is 0.882. The maximum atomic E-state index is 5.36. The lowest BCUT2D eigenvalue weighted by Gasteiger charge is -2.14. The normalized spacial score (nSPS) is 11.6. The van der Waals surface area contributed by atoms with E-state index in [1.165, 1.54) is 81.0 Å². The first-order chi connectivity index (χ1) is 30.2. The topological polar surface area (TPSA) is 25.8 Å². The van der Waals surface area contributed by atoms with Crippen molar-refractivity contribution in [3.8, 4) is 66.9 Å². The van der Waals surface area contributed by atoms with E-state index in [1.54, 1.807) is 0 Å². The van der Waals surface area contributed by atoms with Crippen LogP contribution in [0.25, 0.3) is 120 Å². The summed E-state index contributed by atoms with van der Waals surface area (Å²) in [5.41, 5.74) is 15.7. The first-order valence-corrected chi connectivity index (χ1v) is 21.5. The molecule has 0 saturated carbocycles. The number of benzene rings is 10. The lowest BCUT2D eigenvalue weighted by atomic mass is 9.93. The number of fused-ring (bicyclic) bond motifs is 9. The Morgan fingerprint density at radius 1 is 0.295 bits per heavy atom. The van der Waals surface area contributed by atoms with Gasteiger partial charge in [-0.1, -0.05) is 188 Å². The van der Waals surface area contributed by atoms with Gasteiger partial charge in [0.25, 0.3) is 0 Å². The Hall–Kier alpha value is -7.72. The van der Waals surface area contributed by atoms with Gasteiger partial charge in [0.2, 0.25) is 0 Å². The summed E-state index contributed by atoms with van der Waals surface area (Å²) in [5.74, 6) is 0. The van der Waals surface area contributed by atoms with E-state index in [0.29, 0.717) is 0 Å². The molecule has 2 nitrogen and oxygen atoms in total. The van der Waals surface area contributed by atoms with Gasteiger partial charge in [-0.2, -0.15) is 0 Å². The van der Waals surface area contributed by atoms with Crippen LogP contribution in [0.4, 0.5) is 0 Å². The van der Waals surface area contributed by atoms with E-state index in [9.17, 15) is 0 Å². The van der Waals surface area contributed by atoms with E-state index >= 15 is 0 Å². The number of hydrogen-bond acceptors (Lipinski definition) is 3. The average molecular weight is 793 g/mol. The summed E-state index contributed by atoms with van der Waals surface area (Å²) >= 11 is 1.88. The highest BCUT2D eigenvalue weighted by Crippen LogP contribution is 2.41. The molecular formula is C58H36N2S. The molecule has 284 valence electrons. The van der Waals surface area contributed by atoms with Crippen LogP contribution in [0.5, 0.6) is 0 Å². The SMILES string of the molecule is c1ccc(-c2ccc3c(c2)c2cc(-c4ccccc4)ccc2c2nc(-c4ccc(-c5cccc(-c6ccc(-c7cccc8c7sc7ccccc78)cc6)c5)cc4)cnc32)cc1. The van der Waals surface area contributed by atoms with Crippen LogP contribution >= 0.6 is 11.3 Å². The third kappa shape index (κ3) is 6.18. The molecular weight excluding hydrogens is 757 g/mol. The summed E-state index contributed by atoms with van der Waals surface area (Å²) < 4.78 is 2.67. The summed E-state index contributed by atoms with van der Waals surface area (Å²) in [4.78, 5) is 10.5. The summed E-state index contributed by atoms with van der Waals surface area (Å²) in [5, 5.41) is 7.20. The number of nitrogens with zero attached hydrogens (tertiary/aromatic N) is 2. The number of hydrogen-bond donors (Lipinski definition) is 0. The minimum atomic E-state index is 0.855. The van der Waals surface area contributed by atoms with E-state index in [4.69, 9.17) is 9.97 Å². The molecule has 0 saturated heterocycles. The molecule has 12 aromatic rings. The van der Waals surface area contributed by atoms with Gasteiger partial charge >= 0.3 is 0 Å². The molecule has 0 aliphatic heterocycles. The second-order valence-electron chi connectivity index (χ2n) is 15.7. The van der Waals surface area contributed by atoms with Gasteiger partial charge in [-0.15, -0.1) is 11.3 Å². The van der Waals surface area contributed by atoms with Crippen molar-refractivity contribution in [3.05, 3.63) is 219 Å². The van der Waals surface area contributed by atoms with Gasteiger partial charge in [-0.05, 0) is 90.7 Å². The van der Waals surface area contributed by atoms with Gasteiger partial charge in [0.15, 0.2) is 0 Å². The van der Waals surface area contributed by atoms with Crippen LogP contribution < -0.4 is 0 Å². The summed E-state index contributed by atoms with van der Waals surface area (Å²) in [6, 6.07) is 76.6. The van der Waals surface area contributed by atoms with E-state index in [2.05, 4.69) is 212 Å². The minimum absolute atomic E-state index is 0.855. The zero-order chi connectivity index (χ0) is 40.3. The molecule has 0 aliphatic rings. The van der Waals surface area contributed by atoms with E-state index in [0.717, 1.165) is 38.6 Å². The maximum Gasteiger partial charge on any atom is 0.0979 e. The molecule has 0 atom stereocenters. The van der Waals surface area contributed by atoms with Gasteiger partial charge in [-0.25, -0.2) is 4.98 Å². The third-order valence-electron chi connectivity index (χ3n) is 12.1. The molecule has 0 bridgehead atoms. The van der Waals surface area contributed by atoms with Crippen molar-refractivity contribution >= 4 is 64.1 Å². The van der Waals surface area contributed by atoms with Gasteiger partial charge < -0.3 is 0 Å². The molecule has 0 N–H and O–H groups in total. The van der Waals surface area contributed by atoms with Gasteiger partial charge in [0.05, 0.1) is 22.9 Å². The molecule has 2 heterocycles. The Morgan fingerprint density at radius 2 is 0.770 bits per heavy atom. The highest BCUT2D eigenvalue weighted by molar-refractivity contribution is 7.26. The van der Waals surface area contributed by atoms with Crippen molar-refractivity contribution in [2.75, 3.05) is 0 Å². The van der Waals surface area contributed by atoms with E-state index in [-0.39, 0.29) is 0 Å². The largest absolute Gasteiger partial charge is 0.252 e. The van der Waals surface area contributed by atoms with Crippen molar-refractivity contribution < 1.29 is 0 Å². The monoisotopic (exact) mass is 792 g/mol. The smallest absolute Gasteiger partial charge is 0.0979 e. The molecule has 0 amide bonds. The van der Waals surface area contributed by atoms with E-state index in [1.807, 2.05) is 17.5 Å². The summed E-state index contributed by atoms with van der Waals surface area (Å²) in [6.07, 6.45) is 1.93. The minimum Gasteiger partial charge on any atom is -0.252 e. The second-order valence-corrected chi connectivity index (χ2v) is 16.8. The number of rotatable bonds is 6. The first kappa shape index (κ1) is 35.2. The van der Waals surface area contributed by atoms with Crippen LogP contribution in [-0.4, -0.2) is 9.97 Å². The molecule has 61 heavy (non-hydrogen) atoms. The maximum absolute atomic E-state index is 5.36. The first-order valence-electron chi connectivity index (χ1n) is 20.7. The summed E-state index contributed by atoms with van der Waals surface area (Å²) in [7, 11) is 0. The van der Waals surface area contributed by atoms with Crippen molar-refractivity contribution in [1.29, 1.82) is 0 Å². The van der Waals surface area contributed by atoms with Crippen LogP contribution in [0, 0.1) is 0 Å². The van der Waals surface area contributed by atoms with Crippen molar-refractivity contribution in [1.82, 2.24) is 9.97 Å². The van der Waals surface area contributed by atoms with Crippen LogP contribution in [0.15, 0.2) is 219 Å². The average Bonchev–Trinajstić information content (AvgIpc) is 3.73. The van der Waals surface area contributed by atoms with Crippen molar-refractivity contribution in [2.24, 2.45) is 0 Å². The van der Waals surface area contributed by atoms with Crippen molar-refractivity contribution in [3.63, 3.8) is 0 Å². The molecule has 10 aromatic carbocycles. The molecule has 0 aliphatic carbocycles. The predicted octanol–water partition coefficient (Wildman–Crippen LogP) is 16.3. The third-order valence-corrected chi connectivity index (χ3v) is 13.4. The van der Waals surface area contributed by atoms with Crippen LogP contribution in [0.2, 0.25) is 0 Å². The zero-order valence-electron chi connectivity index (χ0n) is 33.1. The van der Waals surface area contributed by atoms with Crippen molar-refractivity contribution in [2.45, 2.75) is 0 Å². The van der Waals surface area contributed by atoms with Crippen LogP contribution in [0.3, 0.4) is 0 Å². The Bertz CT molecular complexity index is 3610. The van der Waals surface area contributed by atoms with Gasteiger partial charge in [0.1, 0.15) is 0 Å². The second kappa shape index (κ2) is 14.5. The number of thiophene rings is 1. The number of aromatic nitrogens is 2. The predicted molar refractivity (Wildman–Crippen MR) is 260 cm³/mol. The fourth-order valence-electron chi connectivity index (χ4n) is 9.01. The molecule has 0 fully saturated rings. The molecule has 12 rings (SSSR count). The lowest BCUT2D eigenvalue weighted by Crippen LogP contribution is -1.93. The standard InChI is InChI=1S/C58H36N2S/c1-3-11-37(12-4-1)45-29-31-49-52(34-45)53-35-46(38-13-5-2-6-14-38)30-32-50(53)57-56(49)59-36-54(60-57)42-27-23-40(24-28-42)44-16-9-15-43(33-44)39-21-25-41(26-22-39)47-18-10-19-51-48-17-7-8-20-55(48)61-58(47)51/h1-36H. The van der Waals surface area contributed by atoms with Gasteiger partial charge in [-0.3, -0.25) is 4.98 Å². The highest BCUT2D eigenvalue weighted by Gasteiger charge is 2.16. The quantitative estimate of drug-likeness (QED) is 0.157.